The minimum atomic E-state index is -3.10. The smallest absolute Gasteiger partial charge is 0.329 e. The van der Waals surface area contributed by atoms with Gasteiger partial charge in [0.15, 0.2) is 18.2 Å². The fraction of sp³-hybridized carbons (Fsp3) is 0.450. The van der Waals surface area contributed by atoms with Gasteiger partial charge in [-0.05, 0) is 44.0 Å². The van der Waals surface area contributed by atoms with Crippen molar-refractivity contribution in [3.8, 4) is 5.75 Å². The van der Waals surface area contributed by atoms with Gasteiger partial charge in [-0.2, -0.15) is 8.78 Å². The van der Waals surface area contributed by atoms with Crippen LogP contribution >= 0.6 is 22.6 Å². The Hall–Kier alpha value is -1.91. The van der Waals surface area contributed by atoms with Crippen LogP contribution in [0, 0.1) is 5.82 Å². The number of hydrogen-bond acceptors (Lipinski definition) is 4. The summed E-state index contributed by atoms with van der Waals surface area (Å²) in [5.41, 5.74) is 1.05. The van der Waals surface area contributed by atoms with Crippen LogP contribution in [0.25, 0.3) is 0 Å². The highest BCUT2D eigenvalue weighted by atomic mass is 127. The maximum absolute atomic E-state index is 13.8. The second-order valence-corrected chi connectivity index (χ2v) is 8.42. The summed E-state index contributed by atoms with van der Waals surface area (Å²) in [6.07, 6.45) is 4.45. The molecule has 0 aromatic heterocycles. The Morgan fingerprint density at radius 3 is 2.76 bits per heavy atom. The molecule has 2 atom stereocenters. The number of ether oxygens (including phenoxy) is 1. The van der Waals surface area contributed by atoms with Gasteiger partial charge in [0.05, 0.1) is 11.9 Å². The lowest BCUT2D eigenvalue weighted by molar-refractivity contribution is -0.117. The largest absolute Gasteiger partial charge is 0.483 e. The second kappa shape index (κ2) is 10.2. The molecule has 3 N–H and O–H groups in total. The predicted molar refractivity (Wildman–Crippen MR) is 114 cm³/mol. The van der Waals surface area contributed by atoms with Gasteiger partial charge in [-0.15, -0.1) is 0 Å². The molecule has 0 spiro atoms. The fourth-order valence-electron chi connectivity index (χ4n) is 2.58. The van der Waals surface area contributed by atoms with Gasteiger partial charge in [0.25, 0.3) is 5.91 Å². The van der Waals surface area contributed by atoms with E-state index < -0.39 is 22.4 Å². The van der Waals surface area contributed by atoms with E-state index in [2.05, 4.69) is 22.9 Å². The average Bonchev–Trinajstić information content (AvgIpc) is 2.66. The van der Waals surface area contributed by atoms with E-state index in [0.29, 0.717) is 17.7 Å². The van der Waals surface area contributed by atoms with Gasteiger partial charge in [-0.1, -0.05) is 19.1 Å². The van der Waals surface area contributed by atoms with Crippen LogP contribution in [0.2, 0.25) is 0 Å². The highest BCUT2D eigenvalue weighted by molar-refractivity contribution is 14.1. The van der Waals surface area contributed by atoms with Crippen LogP contribution in [0.15, 0.2) is 41.7 Å². The first kappa shape index (κ1) is 23.4. The molecule has 160 valence electrons. The van der Waals surface area contributed by atoms with E-state index in [4.69, 9.17) is 4.74 Å². The summed E-state index contributed by atoms with van der Waals surface area (Å²) < 4.78 is 41.6. The van der Waals surface area contributed by atoms with Crippen molar-refractivity contribution in [2.75, 3.05) is 13.2 Å². The number of nitrogens with one attached hydrogen (secondary N) is 3. The maximum Gasteiger partial charge on any atom is 0.329 e. The minimum Gasteiger partial charge on any atom is -0.483 e. The Labute approximate surface area is 182 Å². The molecule has 0 saturated carbocycles. The number of rotatable bonds is 9. The topological polar surface area (TPSA) is 62.4 Å². The number of halogens is 4. The molecule has 1 aromatic rings. The molecule has 1 amide bonds. The fourth-order valence-corrected chi connectivity index (χ4v) is 2.73. The zero-order chi connectivity index (χ0) is 21.6. The number of amides is 1. The van der Waals surface area contributed by atoms with Crippen molar-refractivity contribution in [3.05, 3.63) is 53.1 Å². The highest BCUT2D eigenvalue weighted by Crippen LogP contribution is 2.27. The first-order valence-electron chi connectivity index (χ1n) is 9.31. The molecule has 0 radical (unpaired) electrons. The molecule has 0 saturated heterocycles. The Morgan fingerprint density at radius 2 is 2.10 bits per heavy atom. The number of carbonyl (C=O) groups excluding carboxylic acids is 1. The molecule has 1 aliphatic heterocycles. The van der Waals surface area contributed by atoms with E-state index >= 15 is 0 Å². The van der Waals surface area contributed by atoms with Crippen LogP contribution in [0.5, 0.6) is 5.75 Å². The Morgan fingerprint density at radius 1 is 1.38 bits per heavy atom. The normalized spacial score (nSPS) is 16.1. The lowest BCUT2D eigenvalue weighted by atomic mass is 10.1. The third kappa shape index (κ3) is 7.45. The van der Waals surface area contributed by atoms with Crippen LogP contribution in [-0.2, 0) is 4.79 Å². The highest BCUT2D eigenvalue weighted by Gasteiger charge is 2.25. The summed E-state index contributed by atoms with van der Waals surface area (Å²) in [4.78, 5) is 12.6. The van der Waals surface area contributed by atoms with Crippen LogP contribution in [0.3, 0.4) is 0 Å². The molecule has 0 fully saturated rings. The maximum atomic E-state index is 13.8. The van der Waals surface area contributed by atoms with E-state index in [0.717, 1.165) is 40.9 Å². The van der Waals surface area contributed by atoms with Gasteiger partial charge >= 0.3 is 3.93 Å². The average molecular weight is 523 g/mol. The summed E-state index contributed by atoms with van der Waals surface area (Å²) in [5, 5.41) is 9.29. The standard InChI is InChI=1S/C20H25F3IN3O2/c1-4-12(2)26-18-10-15(7-8-25-18)19(28)27-13(3)14-5-6-16(21)17(9-14)29-11-20(22,23)24/h5-7,9-10,12-13,25-26H,4,8,11H2,1-3H3,(H,27,28)/t12-,13?/m1/s1. The third-order valence-corrected chi connectivity index (χ3v) is 4.70. The summed E-state index contributed by atoms with van der Waals surface area (Å²) in [7, 11) is 0. The van der Waals surface area contributed by atoms with Gasteiger partial charge in [-0.3, -0.25) is 4.79 Å². The molecule has 1 heterocycles. The zero-order valence-electron chi connectivity index (χ0n) is 16.5. The zero-order valence-corrected chi connectivity index (χ0v) is 18.6. The number of alkyl halides is 3. The van der Waals surface area contributed by atoms with Gasteiger partial charge < -0.3 is 20.7 Å². The minimum absolute atomic E-state index is 0.266. The van der Waals surface area contributed by atoms with Crippen molar-refractivity contribution in [2.45, 2.75) is 43.2 Å². The van der Waals surface area contributed by atoms with Crippen molar-refractivity contribution >= 4 is 28.5 Å². The molecule has 1 aromatic carbocycles. The molecule has 29 heavy (non-hydrogen) atoms. The van der Waals surface area contributed by atoms with E-state index in [9.17, 15) is 18.0 Å². The molecular weight excluding hydrogens is 498 g/mol. The summed E-state index contributed by atoms with van der Waals surface area (Å²) in [6, 6.07) is 3.74. The molecule has 0 bridgehead atoms. The molecule has 2 rings (SSSR count). The first-order valence-corrected chi connectivity index (χ1v) is 10.4. The molecule has 1 unspecified atom stereocenters. The van der Waals surface area contributed by atoms with Crippen molar-refractivity contribution in [1.82, 2.24) is 16.0 Å². The number of hydrogen-bond donors (Lipinski definition) is 3. The first-order chi connectivity index (χ1) is 13.6. The molecule has 9 heteroatoms. The van der Waals surface area contributed by atoms with Crippen LogP contribution in [0.4, 0.5) is 13.2 Å². The Bertz CT molecular complexity index is 794. The molecule has 1 aliphatic rings. The number of benzene rings is 1. The van der Waals surface area contributed by atoms with Gasteiger partial charge in [0.1, 0.15) is 0 Å². The Balaban J connectivity index is 2.05. The molecular formula is C20H25F3IN3O2. The monoisotopic (exact) mass is 523 g/mol. The van der Waals surface area contributed by atoms with Crippen molar-refractivity contribution in [3.63, 3.8) is 0 Å². The van der Waals surface area contributed by atoms with Crippen molar-refractivity contribution in [2.24, 2.45) is 0 Å². The number of carbonyl (C=O) groups is 1. The third-order valence-electron chi connectivity index (χ3n) is 4.38. The summed E-state index contributed by atoms with van der Waals surface area (Å²) in [6.45, 7) is 5.42. The second-order valence-electron chi connectivity index (χ2n) is 6.84. The predicted octanol–water partition coefficient (Wildman–Crippen LogP) is 4.17. The summed E-state index contributed by atoms with van der Waals surface area (Å²) in [5.74, 6) is -0.525. The molecule has 0 aliphatic carbocycles. The van der Waals surface area contributed by atoms with Crippen molar-refractivity contribution < 1.29 is 22.7 Å². The number of dihydropyridines is 1. The van der Waals surface area contributed by atoms with Crippen molar-refractivity contribution in [1.29, 1.82) is 0 Å². The van der Waals surface area contributed by atoms with Gasteiger partial charge in [0, 0.05) is 40.8 Å². The van der Waals surface area contributed by atoms with E-state index in [1.807, 2.05) is 6.92 Å². The lowest BCUT2D eigenvalue weighted by Crippen LogP contribution is -2.36. The summed E-state index contributed by atoms with van der Waals surface area (Å²) >= 11 is 0.929. The van der Waals surface area contributed by atoms with Crippen LogP contribution in [-0.4, -0.2) is 29.0 Å². The SMILES string of the molecule is CC[C@@H](C)NC1=CC(C(=O)NC(C)c2ccc(F)c(OCC(F)(F)I)c2)=CCN1. The van der Waals surface area contributed by atoms with Gasteiger partial charge in [0.2, 0.25) is 0 Å². The Kier molecular flexibility index (Phi) is 8.23. The van der Waals surface area contributed by atoms with Crippen LogP contribution in [0.1, 0.15) is 38.8 Å². The van der Waals surface area contributed by atoms with Gasteiger partial charge in [-0.25, -0.2) is 4.39 Å². The van der Waals surface area contributed by atoms with E-state index in [1.54, 1.807) is 19.1 Å². The lowest BCUT2D eigenvalue weighted by Gasteiger charge is -2.22. The van der Waals surface area contributed by atoms with E-state index in [-0.39, 0.29) is 17.7 Å². The quantitative estimate of drug-likeness (QED) is 0.336. The van der Waals surface area contributed by atoms with E-state index in [1.165, 1.54) is 12.1 Å². The van der Waals surface area contributed by atoms with Crippen LogP contribution < -0.4 is 20.7 Å². The molecule has 5 nitrogen and oxygen atoms in total.